The Bertz CT molecular complexity index is 477. The quantitative estimate of drug-likeness (QED) is 0.875. The molecule has 1 saturated heterocycles. The van der Waals surface area contributed by atoms with Crippen molar-refractivity contribution in [3.63, 3.8) is 0 Å². The molecule has 0 radical (unpaired) electrons. The van der Waals surface area contributed by atoms with Crippen molar-refractivity contribution in [1.29, 1.82) is 0 Å². The van der Waals surface area contributed by atoms with E-state index in [4.69, 9.17) is 4.74 Å². The van der Waals surface area contributed by atoms with Crippen LogP contribution in [0.25, 0.3) is 0 Å². The molecule has 1 aromatic carbocycles. The van der Waals surface area contributed by atoms with E-state index in [9.17, 15) is 5.11 Å². The van der Waals surface area contributed by atoms with Crippen LogP contribution in [0.1, 0.15) is 43.6 Å². The number of hydrogen-bond acceptors (Lipinski definition) is 4. The van der Waals surface area contributed by atoms with Gasteiger partial charge in [0.1, 0.15) is 5.75 Å². The number of piperazine rings is 1. The van der Waals surface area contributed by atoms with E-state index in [0.717, 1.165) is 64.2 Å². The minimum Gasteiger partial charge on any atom is -0.497 e. The molecule has 1 aliphatic heterocycles. The molecule has 3 rings (SSSR count). The second-order valence-corrected chi connectivity index (χ2v) is 7.04. The SMILES string of the molecule is COc1ccc(C(CN2CCNCC2)C2(O)CCCCC2)cc1. The van der Waals surface area contributed by atoms with Crippen LogP contribution in [0.2, 0.25) is 0 Å². The van der Waals surface area contributed by atoms with Crippen molar-refractivity contribution in [2.24, 2.45) is 0 Å². The van der Waals surface area contributed by atoms with Gasteiger partial charge in [0.2, 0.25) is 0 Å². The Morgan fingerprint density at radius 1 is 1.13 bits per heavy atom. The van der Waals surface area contributed by atoms with Gasteiger partial charge in [-0.25, -0.2) is 0 Å². The first-order valence-electron chi connectivity index (χ1n) is 9.01. The highest BCUT2D eigenvalue weighted by Gasteiger charge is 2.39. The average Bonchev–Trinajstić information content (AvgIpc) is 2.61. The fourth-order valence-electron chi connectivity index (χ4n) is 4.09. The molecule has 4 nitrogen and oxygen atoms in total. The van der Waals surface area contributed by atoms with Crippen molar-refractivity contribution in [3.05, 3.63) is 29.8 Å². The fourth-order valence-corrected chi connectivity index (χ4v) is 4.09. The largest absolute Gasteiger partial charge is 0.497 e. The molecule has 1 aromatic rings. The molecular weight excluding hydrogens is 288 g/mol. The van der Waals surface area contributed by atoms with Crippen LogP contribution < -0.4 is 10.1 Å². The summed E-state index contributed by atoms with van der Waals surface area (Å²) in [6.45, 7) is 5.19. The zero-order valence-electron chi connectivity index (χ0n) is 14.3. The third-order valence-electron chi connectivity index (χ3n) is 5.54. The summed E-state index contributed by atoms with van der Waals surface area (Å²) < 4.78 is 5.29. The first-order valence-corrected chi connectivity index (χ1v) is 9.01. The standard InChI is InChI=1S/C19H30N2O2/c1-23-17-7-5-16(6-8-17)18(15-21-13-11-20-12-14-21)19(22)9-3-2-4-10-19/h5-8,18,20,22H,2-4,9-15H2,1H3. The summed E-state index contributed by atoms with van der Waals surface area (Å²) in [5.74, 6) is 1.07. The molecule has 0 amide bonds. The Balaban J connectivity index is 1.81. The molecule has 0 spiro atoms. The molecule has 23 heavy (non-hydrogen) atoms. The second kappa shape index (κ2) is 7.65. The van der Waals surface area contributed by atoms with E-state index in [1.807, 2.05) is 12.1 Å². The third kappa shape index (κ3) is 4.06. The molecule has 4 heteroatoms. The first kappa shape index (κ1) is 16.7. The van der Waals surface area contributed by atoms with Crippen LogP contribution in [-0.4, -0.2) is 55.4 Å². The number of aliphatic hydroxyl groups is 1. The van der Waals surface area contributed by atoms with Gasteiger partial charge < -0.3 is 20.1 Å². The molecule has 2 N–H and O–H groups in total. The Morgan fingerprint density at radius 3 is 2.39 bits per heavy atom. The van der Waals surface area contributed by atoms with Gasteiger partial charge in [0.15, 0.2) is 0 Å². The van der Waals surface area contributed by atoms with Gasteiger partial charge in [-0.15, -0.1) is 0 Å². The van der Waals surface area contributed by atoms with Crippen LogP contribution in [0.3, 0.4) is 0 Å². The predicted octanol–water partition coefficient (Wildman–Crippen LogP) is 2.38. The molecule has 1 heterocycles. The van der Waals surface area contributed by atoms with E-state index < -0.39 is 5.60 Å². The van der Waals surface area contributed by atoms with Crippen LogP contribution in [0, 0.1) is 0 Å². The van der Waals surface area contributed by atoms with Crippen molar-refractivity contribution in [1.82, 2.24) is 10.2 Å². The maximum Gasteiger partial charge on any atom is 0.118 e. The number of benzene rings is 1. The van der Waals surface area contributed by atoms with Gasteiger partial charge in [-0.3, -0.25) is 0 Å². The Hall–Kier alpha value is -1.10. The minimum atomic E-state index is -0.558. The normalized spacial score (nSPS) is 23.4. The lowest BCUT2D eigenvalue weighted by Gasteiger charge is -2.42. The number of rotatable bonds is 5. The summed E-state index contributed by atoms with van der Waals surface area (Å²) in [7, 11) is 1.70. The molecule has 1 saturated carbocycles. The molecule has 2 fully saturated rings. The Kier molecular flexibility index (Phi) is 5.57. The van der Waals surface area contributed by atoms with Gasteiger partial charge in [-0.1, -0.05) is 31.4 Å². The third-order valence-corrected chi connectivity index (χ3v) is 5.54. The fraction of sp³-hybridized carbons (Fsp3) is 0.684. The van der Waals surface area contributed by atoms with Gasteiger partial charge in [-0.05, 0) is 30.5 Å². The van der Waals surface area contributed by atoms with Crippen molar-refractivity contribution in [2.75, 3.05) is 39.8 Å². The van der Waals surface area contributed by atoms with Crippen LogP contribution in [0.4, 0.5) is 0 Å². The summed E-state index contributed by atoms with van der Waals surface area (Å²) in [6.07, 6.45) is 5.40. The highest BCUT2D eigenvalue weighted by Crippen LogP contribution is 2.40. The average molecular weight is 318 g/mol. The molecule has 1 unspecified atom stereocenters. The van der Waals surface area contributed by atoms with Gasteiger partial charge in [-0.2, -0.15) is 0 Å². The van der Waals surface area contributed by atoms with E-state index in [2.05, 4.69) is 22.3 Å². The zero-order chi connectivity index (χ0) is 16.1. The van der Waals surface area contributed by atoms with E-state index >= 15 is 0 Å². The number of methoxy groups -OCH3 is 1. The van der Waals surface area contributed by atoms with Crippen LogP contribution in [0.15, 0.2) is 24.3 Å². The maximum atomic E-state index is 11.4. The summed E-state index contributed by atoms with van der Waals surface area (Å²) in [4.78, 5) is 2.50. The van der Waals surface area contributed by atoms with Crippen molar-refractivity contribution in [2.45, 2.75) is 43.6 Å². The van der Waals surface area contributed by atoms with Crippen molar-refractivity contribution in [3.8, 4) is 5.75 Å². The smallest absolute Gasteiger partial charge is 0.118 e. The molecule has 2 aliphatic rings. The minimum absolute atomic E-state index is 0.187. The predicted molar refractivity (Wildman–Crippen MR) is 93.1 cm³/mol. The number of nitrogens with one attached hydrogen (secondary N) is 1. The van der Waals surface area contributed by atoms with Crippen LogP contribution in [-0.2, 0) is 0 Å². The Labute approximate surface area is 139 Å². The van der Waals surface area contributed by atoms with Gasteiger partial charge >= 0.3 is 0 Å². The van der Waals surface area contributed by atoms with Crippen molar-refractivity contribution >= 4 is 0 Å². The Morgan fingerprint density at radius 2 is 1.78 bits per heavy atom. The number of nitrogens with zero attached hydrogens (tertiary/aromatic N) is 1. The zero-order valence-corrected chi connectivity index (χ0v) is 14.3. The van der Waals surface area contributed by atoms with Crippen molar-refractivity contribution < 1.29 is 9.84 Å². The lowest BCUT2D eigenvalue weighted by molar-refractivity contribution is -0.0316. The summed E-state index contributed by atoms with van der Waals surface area (Å²) in [5, 5.41) is 14.8. The molecule has 0 bridgehead atoms. The second-order valence-electron chi connectivity index (χ2n) is 7.04. The van der Waals surface area contributed by atoms with Gasteiger partial charge in [0, 0.05) is 38.6 Å². The molecule has 1 atom stereocenters. The van der Waals surface area contributed by atoms with E-state index in [0.29, 0.717) is 0 Å². The van der Waals surface area contributed by atoms with Crippen LogP contribution >= 0.6 is 0 Å². The molecule has 128 valence electrons. The van der Waals surface area contributed by atoms with E-state index in [1.165, 1.54) is 12.0 Å². The van der Waals surface area contributed by atoms with E-state index in [1.54, 1.807) is 7.11 Å². The highest BCUT2D eigenvalue weighted by atomic mass is 16.5. The summed E-state index contributed by atoms with van der Waals surface area (Å²) >= 11 is 0. The number of hydrogen-bond donors (Lipinski definition) is 2. The molecule has 0 aromatic heterocycles. The monoisotopic (exact) mass is 318 g/mol. The molecule has 1 aliphatic carbocycles. The summed E-state index contributed by atoms with van der Waals surface area (Å²) in [6, 6.07) is 8.31. The van der Waals surface area contributed by atoms with E-state index in [-0.39, 0.29) is 5.92 Å². The first-order chi connectivity index (χ1) is 11.2. The topological polar surface area (TPSA) is 44.7 Å². The number of ether oxygens (including phenoxy) is 1. The highest BCUT2D eigenvalue weighted by molar-refractivity contribution is 5.31. The van der Waals surface area contributed by atoms with Gasteiger partial charge in [0.05, 0.1) is 12.7 Å². The lowest BCUT2D eigenvalue weighted by atomic mass is 9.72. The molecular formula is C19H30N2O2. The van der Waals surface area contributed by atoms with Crippen LogP contribution in [0.5, 0.6) is 5.75 Å². The summed E-state index contributed by atoms with van der Waals surface area (Å²) in [5.41, 5.74) is 0.686. The maximum absolute atomic E-state index is 11.4. The lowest BCUT2D eigenvalue weighted by Crippen LogP contribution is -2.49. The van der Waals surface area contributed by atoms with Gasteiger partial charge in [0.25, 0.3) is 0 Å².